The average Bonchev–Trinajstić information content (AvgIpc) is 3.45. The number of carbonyl (C=O) groups excluding carboxylic acids is 1. The smallest absolute Gasteiger partial charge is 0.220 e. The van der Waals surface area contributed by atoms with E-state index in [9.17, 15) is 4.79 Å². The molecule has 2 aromatic heterocycles. The van der Waals surface area contributed by atoms with Crippen molar-refractivity contribution in [2.24, 2.45) is 13.0 Å². The fourth-order valence-electron chi connectivity index (χ4n) is 6.38. The zero-order chi connectivity index (χ0) is 30.4. The van der Waals surface area contributed by atoms with Gasteiger partial charge >= 0.3 is 0 Å². The van der Waals surface area contributed by atoms with Crippen LogP contribution in [0.3, 0.4) is 0 Å². The number of hydrogen-bond acceptors (Lipinski definition) is 6. The van der Waals surface area contributed by atoms with Crippen LogP contribution in [0.25, 0.3) is 22.0 Å². The van der Waals surface area contributed by atoms with Gasteiger partial charge in [0.15, 0.2) is 0 Å². The minimum absolute atomic E-state index is 0.0674. The Morgan fingerprint density at radius 1 is 1.14 bits per heavy atom. The summed E-state index contributed by atoms with van der Waals surface area (Å²) in [6.07, 6.45) is 7.65. The molecular formula is C35H45N5O3. The van der Waals surface area contributed by atoms with Crippen molar-refractivity contribution in [2.75, 3.05) is 32.1 Å². The fraction of sp³-hybridized carbons (Fsp3) is 0.457. The third-order valence-corrected chi connectivity index (χ3v) is 8.79. The number of aryl methyl sites for hydroxylation is 1. The summed E-state index contributed by atoms with van der Waals surface area (Å²) in [4.78, 5) is 22.4. The Morgan fingerprint density at radius 3 is 2.58 bits per heavy atom. The minimum Gasteiger partial charge on any atom is -0.494 e. The van der Waals surface area contributed by atoms with Gasteiger partial charge in [-0.25, -0.2) is 9.97 Å². The minimum atomic E-state index is -0.133. The van der Waals surface area contributed by atoms with Crippen LogP contribution in [0.5, 0.6) is 5.75 Å². The van der Waals surface area contributed by atoms with E-state index in [0.717, 1.165) is 78.1 Å². The second-order valence-electron chi connectivity index (χ2n) is 12.3. The maximum atomic E-state index is 13.1. The molecule has 228 valence electrons. The van der Waals surface area contributed by atoms with Crippen molar-refractivity contribution in [1.82, 2.24) is 19.9 Å². The number of benzene rings is 2. The van der Waals surface area contributed by atoms with Crippen molar-refractivity contribution < 1.29 is 14.3 Å². The molecule has 0 spiro atoms. The molecule has 1 atom stereocenters. The monoisotopic (exact) mass is 583 g/mol. The van der Waals surface area contributed by atoms with Crippen molar-refractivity contribution >= 4 is 22.6 Å². The summed E-state index contributed by atoms with van der Waals surface area (Å²) in [7, 11) is 2.01. The Balaban J connectivity index is 1.31. The number of fused-ring (bicyclic) bond motifs is 1. The second kappa shape index (κ2) is 13.6. The molecule has 1 fully saturated rings. The number of ether oxygens (including phenoxy) is 2. The zero-order valence-electron chi connectivity index (χ0n) is 25.9. The van der Waals surface area contributed by atoms with E-state index in [-0.39, 0.29) is 17.2 Å². The summed E-state index contributed by atoms with van der Waals surface area (Å²) < 4.78 is 13.3. The number of nitrogen functional groups attached to an aromatic ring is 1. The van der Waals surface area contributed by atoms with E-state index in [4.69, 9.17) is 20.2 Å². The molecule has 1 aliphatic heterocycles. The Morgan fingerprint density at radius 2 is 1.88 bits per heavy atom. The lowest BCUT2D eigenvalue weighted by atomic mass is 9.78. The van der Waals surface area contributed by atoms with Crippen LogP contribution in [0, 0.1) is 5.92 Å². The Kier molecular flexibility index (Phi) is 9.65. The van der Waals surface area contributed by atoms with Gasteiger partial charge in [-0.3, -0.25) is 4.79 Å². The van der Waals surface area contributed by atoms with Gasteiger partial charge in [0.05, 0.1) is 12.1 Å². The normalized spacial score (nSPS) is 15.0. The van der Waals surface area contributed by atoms with Crippen LogP contribution in [0.2, 0.25) is 0 Å². The largest absolute Gasteiger partial charge is 0.494 e. The Bertz CT molecular complexity index is 1520. The lowest BCUT2D eigenvalue weighted by molar-refractivity contribution is -0.121. The number of rotatable bonds is 12. The van der Waals surface area contributed by atoms with Crippen molar-refractivity contribution in [3.05, 3.63) is 72.3 Å². The number of nitrogens with zero attached hydrogens (tertiary/aromatic N) is 3. The lowest BCUT2D eigenvalue weighted by Crippen LogP contribution is -2.32. The van der Waals surface area contributed by atoms with E-state index < -0.39 is 0 Å². The van der Waals surface area contributed by atoms with Gasteiger partial charge in [0.25, 0.3) is 0 Å². The van der Waals surface area contributed by atoms with Crippen LogP contribution < -0.4 is 15.8 Å². The van der Waals surface area contributed by atoms with Crippen molar-refractivity contribution in [2.45, 2.75) is 64.2 Å². The van der Waals surface area contributed by atoms with Crippen molar-refractivity contribution in [1.29, 1.82) is 0 Å². The molecule has 0 radical (unpaired) electrons. The number of amides is 1. The Hall–Kier alpha value is -3.91. The first-order valence-corrected chi connectivity index (χ1v) is 15.5. The molecule has 0 saturated carbocycles. The lowest BCUT2D eigenvalue weighted by Gasteiger charge is -2.31. The van der Waals surface area contributed by atoms with Gasteiger partial charge in [-0.2, -0.15) is 0 Å². The molecule has 0 bridgehead atoms. The van der Waals surface area contributed by atoms with Gasteiger partial charge in [-0.1, -0.05) is 32.0 Å². The highest BCUT2D eigenvalue weighted by Crippen LogP contribution is 2.39. The summed E-state index contributed by atoms with van der Waals surface area (Å²) in [5.74, 6) is 3.02. The standard InChI is InChI=1S/C35H45N5O3/c1-5-43-28-9-6-24(7-10-28)26-8-12-31-27(22-26)23-30(33(36)39-31)29(25-14-20-42-21-15-25)11-13-32(41)37-17-16-35(2,3)34-38-18-19-40(34)4/h6-10,12,18-19,22-23,25,29H,5,11,13-17,20-21H2,1-4H3,(H2,36,39)(H,37,41). The van der Waals surface area contributed by atoms with Crippen molar-refractivity contribution in [3.8, 4) is 16.9 Å². The molecule has 3 heterocycles. The molecule has 1 amide bonds. The summed E-state index contributed by atoms with van der Waals surface area (Å²) in [5.41, 5.74) is 10.6. The van der Waals surface area contributed by atoms with E-state index in [2.05, 4.69) is 54.5 Å². The maximum Gasteiger partial charge on any atom is 0.220 e. The molecule has 3 N–H and O–H groups in total. The summed E-state index contributed by atoms with van der Waals surface area (Å²) in [5, 5.41) is 4.20. The first-order chi connectivity index (χ1) is 20.7. The second-order valence-corrected chi connectivity index (χ2v) is 12.3. The van der Waals surface area contributed by atoms with E-state index in [0.29, 0.717) is 31.3 Å². The average molecular weight is 584 g/mol. The number of nitrogens with one attached hydrogen (secondary N) is 1. The first-order valence-electron chi connectivity index (χ1n) is 15.5. The predicted molar refractivity (Wildman–Crippen MR) is 172 cm³/mol. The van der Waals surface area contributed by atoms with Gasteiger partial charge in [0.2, 0.25) is 5.91 Å². The summed E-state index contributed by atoms with van der Waals surface area (Å²) in [6.45, 7) is 9.04. The number of hydrogen-bond donors (Lipinski definition) is 2. The maximum absolute atomic E-state index is 13.1. The molecule has 8 nitrogen and oxygen atoms in total. The molecule has 2 aromatic carbocycles. The van der Waals surface area contributed by atoms with Crippen LogP contribution in [-0.4, -0.2) is 46.8 Å². The molecule has 1 aliphatic rings. The molecule has 5 rings (SSSR count). The summed E-state index contributed by atoms with van der Waals surface area (Å²) >= 11 is 0. The molecule has 8 heteroatoms. The number of carbonyl (C=O) groups is 1. The number of aromatic nitrogens is 3. The number of nitrogens with two attached hydrogens (primary N) is 1. The van der Waals surface area contributed by atoms with Crippen LogP contribution in [-0.2, 0) is 22.0 Å². The van der Waals surface area contributed by atoms with Crippen LogP contribution in [0.15, 0.2) is 60.9 Å². The highest BCUT2D eigenvalue weighted by atomic mass is 16.5. The molecular weight excluding hydrogens is 538 g/mol. The van der Waals surface area contributed by atoms with Gasteiger partial charge < -0.3 is 25.1 Å². The van der Waals surface area contributed by atoms with E-state index in [1.165, 1.54) is 0 Å². The van der Waals surface area contributed by atoms with Crippen LogP contribution >= 0.6 is 0 Å². The topological polar surface area (TPSA) is 104 Å². The molecule has 0 aliphatic carbocycles. The third-order valence-electron chi connectivity index (χ3n) is 8.79. The molecule has 1 saturated heterocycles. The van der Waals surface area contributed by atoms with Gasteiger partial charge in [-0.15, -0.1) is 0 Å². The third kappa shape index (κ3) is 7.36. The van der Waals surface area contributed by atoms with E-state index >= 15 is 0 Å². The highest BCUT2D eigenvalue weighted by Gasteiger charge is 2.29. The first kappa shape index (κ1) is 30.5. The molecule has 1 unspecified atom stereocenters. The number of anilines is 1. The van der Waals surface area contributed by atoms with E-state index in [1.807, 2.05) is 49.1 Å². The SMILES string of the molecule is CCOc1ccc(-c2ccc3nc(N)c(C(CCC(=O)NCCC(C)(C)c4nccn4C)C4CCOCC4)cc3c2)cc1. The highest BCUT2D eigenvalue weighted by molar-refractivity contribution is 5.86. The number of pyridine rings is 1. The van der Waals surface area contributed by atoms with Crippen LogP contribution in [0.1, 0.15) is 70.2 Å². The fourth-order valence-corrected chi connectivity index (χ4v) is 6.38. The van der Waals surface area contributed by atoms with Crippen molar-refractivity contribution in [3.63, 3.8) is 0 Å². The predicted octanol–water partition coefficient (Wildman–Crippen LogP) is 6.39. The van der Waals surface area contributed by atoms with Gasteiger partial charge in [0, 0.05) is 56.4 Å². The van der Waals surface area contributed by atoms with Gasteiger partial charge in [0.1, 0.15) is 17.4 Å². The molecule has 4 aromatic rings. The number of imidazole rings is 1. The quantitative estimate of drug-likeness (QED) is 0.200. The summed E-state index contributed by atoms with van der Waals surface area (Å²) in [6, 6.07) is 16.7. The molecule has 43 heavy (non-hydrogen) atoms. The zero-order valence-corrected chi connectivity index (χ0v) is 25.9. The van der Waals surface area contributed by atoms with E-state index in [1.54, 1.807) is 0 Å². The van der Waals surface area contributed by atoms with Crippen LogP contribution in [0.4, 0.5) is 5.82 Å². The van der Waals surface area contributed by atoms with Gasteiger partial charge in [-0.05, 0) is 91.5 Å². The Labute approximate surface area is 255 Å².